The van der Waals surface area contributed by atoms with E-state index in [-0.39, 0.29) is 0 Å². The zero-order valence-electron chi connectivity index (χ0n) is 9.80. The van der Waals surface area contributed by atoms with Crippen LogP contribution in [0.15, 0.2) is 24.3 Å². The highest BCUT2D eigenvalue weighted by Gasteiger charge is 2.17. The van der Waals surface area contributed by atoms with Crippen LogP contribution in [0, 0.1) is 5.92 Å². The third kappa shape index (κ3) is 2.00. The lowest BCUT2D eigenvalue weighted by Gasteiger charge is -2.23. The molecule has 3 rings (SSSR count). The van der Waals surface area contributed by atoms with Gasteiger partial charge in [-0.3, -0.25) is 0 Å². The molecule has 1 fully saturated rings. The van der Waals surface area contributed by atoms with Crippen molar-refractivity contribution in [1.82, 2.24) is 9.55 Å². The summed E-state index contributed by atoms with van der Waals surface area (Å²) in [4.78, 5) is 4.38. The van der Waals surface area contributed by atoms with Crippen LogP contribution >= 0.6 is 0 Å². The first-order valence-electron chi connectivity index (χ1n) is 6.13. The number of imidazole rings is 1. The summed E-state index contributed by atoms with van der Waals surface area (Å²) >= 11 is 0. The largest absolute Gasteiger partial charge is 0.381 e. The molecule has 0 amide bonds. The van der Waals surface area contributed by atoms with Crippen LogP contribution in [0.25, 0.3) is 11.0 Å². The summed E-state index contributed by atoms with van der Waals surface area (Å²) in [7, 11) is 0. The topological polar surface area (TPSA) is 53.1 Å². The predicted octanol–water partition coefficient (Wildman–Crippen LogP) is 2.05. The molecule has 1 aliphatic rings. The molecule has 1 aliphatic heterocycles. The number of nitrogens with two attached hydrogens (primary N) is 1. The summed E-state index contributed by atoms with van der Waals surface area (Å²) in [6.07, 6.45) is 2.36. The summed E-state index contributed by atoms with van der Waals surface area (Å²) in [5.41, 5.74) is 8.08. The molecular formula is C13H17N3O. The number of anilines is 1. The average Bonchev–Trinajstić information content (AvgIpc) is 2.68. The fourth-order valence-electron chi connectivity index (χ4n) is 2.50. The molecule has 1 atom stereocenters. The van der Waals surface area contributed by atoms with E-state index in [4.69, 9.17) is 10.5 Å². The normalized spacial score (nSPS) is 20.8. The summed E-state index contributed by atoms with van der Waals surface area (Å²) in [5.74, 6) is 1.17. The minimum atomic E-state index is 0.559. The Morgan fingerprint density at radius 1 is 1.41 bits per heavy atom. The number of ether oxygens (including phenoxy) is 1. The highest BCUT2D eigenvalue weighted by molar-refractivity contribution is 5.78. The van der Waals surface area contributed by atoms with Gasteiger partial charge >= 0.3 is 0 Å². The maximum absolute atomic E-state index is 5.98. The second-order valence-corrected chi connectivity index (χ2v) is 4.65. The van der Waals surface area contributed by atoms with Crippen LogP contribution in [0.5, 0.6) is 0 Å². The molecule has 4 heteroatoms. The van der Waals surface area contributed by atoms with Gasteiger partial charge in [0.05, 0.1) is 17.6 Å². The van der Waals surface area contributed by atoms with Crippen molar-refractivity contribution in [2.75, 3.05) is 18.9 Å². The number of para-hydroxylation sites is 2. The van der Waals surface area contributed by atoms with Crippen LogP contribution in [-0.2, 0) is 11.3 Å². The number of aromatic nitrogens is 2. The third-order valence-corrected chi connectivity index (χ3v) is 3.38. The summed E-state index contributed by atoms with van der Waals surface area (Å²) in [6, 6.07) is 8.09. The molecule has 2 aromatic rings. The zero-order chi connectivity index (χ0) is 11.7. The molecule has 2 heterocycles. The van der Waals surface area contributed by atoms with E-state index in [2.05, 4.69) is 15.6 Å². The Morgan fingerprint density at radius 3 is 3.12 bits per heavy atom. The Morgan fingerprint density at radius 2 is 2.29 bits per heavy atom. The Balaban J connectivity index is 1.90. The van der Waals surface area contributed by atoms with Gasteiger partial charge in [-0.25, -0.2) is 4.98 Å². The number of hydrogen-bond donors (Lipinski definition) is 1. The zero-order valence-corrected chi connectivity index (χ0v) is 9.80. The van der Waals surface area contributed by atoms with Crippen LogP contribution in [0.1, 0.15) is 12.8 Å². The van der Waals surface area contributed by atoms with Crippen molar-refractivity contribution in [3.05, 3.63) is 24.3 Å². The maximum atomic E-state index is 5.98. The molecule has 4 nitrogen and oxygen atoms in total. The molecule has 0 bridgehead atoms. The average molecular weight is 231 g/mol. The van der Waals surface area contributed by atoms with E-state index in [9.17, 15) is 0 Å². The lowest BCUT2D eigenvalue weighted by atomic mass is 10.0. The number of benzene rings is 1. The molecule has 1 aromatic heterocycles. The second-order valence-electron chi connectivity index (χ2n) is 4.65. The maximum Gasteiger partial charge on any atom is 0.201 e. The van der Waals surface area contributed by atoms with Crippen molar-refractivity contribution < 1.29 is 4.74 Å². The van der Waals surface area contributed by atoms with E-state index in [1.165, 1.54) is 6.42 Å². The number of hydrogen-bond acceptors (Lipinski definition) is 3. The van der Waals surface area contributed by atoms with Crippen LogP contribution < -0.4 is 5.73 Å². The van der Waals surface area contributed by atoms with Gasteiger partial charge in [-0.1, -0.05) is 12.1 Å². The van der Waals surface area contributed by atoms with Gasteiger partial charge in [0, 0.05) is 19.1 Å². The highest BCUT2D eigenvalue weighted by Crippen LogP contribution is 2.22. The lowest BCUT2D eigenvalue weighted by Crippen LogP contribution is -2.22. The number of rotatable bonds is 2. The van der Waals surface area contributed by atoms with Gasteiger partial charge in [0.15, 0.2) is 0 Å². The molecule has 0 aliphatic carbocycles. The van der Waals surface area contributed by atoms with E-state index < -0.39 is 0 Å². The second kappa shape index (κ2) is 4.37. The molecule has 0 spiro atoms. The minimum absolute atomic E-state index is 0.559. The van der Waals surface area contributed by atoms with Crippen LogP contribution in [0.2, 0.25) is 0 Å². The standard InChI is InChI=1S/C13H17N3O/c14-13-15-11-5-1-2-6-12(11)16(13)8-10-4-3-7-17-9-10/h1-2,5-6,10H,3-4,7-9H2,(H2,14,15). The number of nitrogens with zero attached hydrogens (tertiary/aromatic N) is 2. The molecule has 1 aromatic carbocycles. The van der Waals surface area contributed by atoms with Gasteiger partial charge in [0.25, 0.3) is 0 Å². The quantitative estimate of drug-likeness (QED) is 0.860. The highest BCUT2D eigenvalue weighted by atomic mass is 16.5. The van der Waals surface area contributed by atoms with Crippen LogP contribution in [-0.4, -0.2) is 22.8 Å². The first kappa shape index (κ1) is 10.6. The minimum Gasteiger partial charge on any atom is -0.381 e. The monoisotopic (exact) mass is 231 g/mol. The van der Waals surface area contributed by atoms with E-state index in [1.807, 2.05) is 18.2 Å². The summed E-state index contributed by atoms with van der Waals surface area (Å²) in [6.45, 7) is 2.65. The Hall–Kier alpha value is -1.55. The lowest BCUT2D eigenvalue weighted by molar-refractivity contribution is 0.0490. The Labute approximate surface area is 100 Å². The van der Waals surface area contributed by atoms with Gasteiger partial charge in [-0.05, 0) is 25.0 Å². The first-order valence-corrected chi connectivity index (χ1v) is 6.13. The molecule has 0 saturated carbocycles. The van der Waals surface area contributed by atoms with Crippen molar-refractivity contribution in [3.63, 3.8) is 0 Å². The van der Waals surface area contributed by atoms with Gasteiger partial charge in [0.1, 0.15) is 0 Å². The van der Waals surface area contributed by atoms with Gasteiger partial charge in [0.2, 0.25) is 5.95 Å². The molecule has 90 valence electrons. The molecule has 2 N–H and O–H groups in total. The molecule has 1 saturated heterocycles. The molecular weight excluding hydrogens is 214 g/mol. The van der Waals surface area contributed by atoms with Gasteiger partial charge < -0.3 is 15.0 Å². The van der Waals surface area contributed by atoms with Crippen LogP contribution in [0.3, 0.4) is 0 Å². The van der Waals surface area contributed by atoms with Crippen molar-refractivity contribution in [2.45, 2.75) is 19.4 Å². The molecule has 17 heavy (non-hydrogen) atoms. The summed E-state index contributed by atoms with van der Waals surface area (Å²) in [5, 5.41) is 0. The van der Waals surface area contributed by atoms with E-state index in [0.717, 1.165) is 37.2 Å². The number of fused-ring (bicyclic) bond motifs is 1. The number of nitrogen functional groups attached to an aromatic ring is 1. The fraction of sp³-hybridized carbons (Fsp3) is 0.462. The van der Waals surface area contributed by atoms with Gasteiger partial charge in [-0.2, -0.15) is 0 Å². The van der Waals surface area contributed by atoms with Crippen molar-refractivity contribution in [3.8, 4) is 0 Å². The van der Waals surface area contributed by atoms with Crippen molar-refractivity contribution in [2.24, 2.45) is 5.92 Å². The SMILES string of the molecule is Nc1nc2ccccc2n1CC1CCCOC1. The van der Waals surface area contributed by atoms with E-state index >= 15 is 0 Å². The van der Waals surface area contributed by atoms with Crippen molar-refractivity contribution in [1.29, 1.82) is 0 Å². The molecule has 0 radical (unpaired) electrons. The van der Waals surface area contributed by atoms with E-state index in [1.54, 1.807) is 0 Å². The fourth-order valence-corrected chi connectivity index (χ4v) is 2.50. The predicted molar refractivity (Wildman–Crippen MR) is 67.7 cm³/mol. The smallest absolute Gasteiger partial charge is 0.201 e. The Bertz CT molecular complexity index is 514. The third-order valence-electron chi connectivity index (χ3n) is 3.38. The Kier molecular flexibility index (Phi) is 2.73. The van der Waals surface area contributed by atoms with Crippen molar-refractivity contribution >= 4 is 17.0 Å². The molecule has 1 unspecified atom stereocenters. The summed E-state index contributed by atoms with van der Waals surface area (Å²) < 4.78 is 7.61. The van der Waals surface area contributed by atoms with E-state index in [0.29, 0.717) is 11.9 Å². The van der Waals surface area contributed by atoms with Gasteiger partial charge in [-0.15, -0.1) is 0 Å². The van der Waals surface area contributed by atoms with Crippen LogP contribution in [0.4, 0.5) is 5.95 Å². The first-order chi connectivity index (χ1) is 8.34.